The van der Waals surface area contributed by atoms with E-state index >= 15 is 0 Å². The van der Waals surface area contributed by atoms with Crippen LogP contribution in [0.3, 0.4) is 0 Å². The monoisotopic (exact) mass is 310 g/mol. The van der Waals surface area contributed by atoms with Gasteiger partial charge in [0.25, 0.3) is 5.91 Å². The number of carbonyl (C=O) groups is 1. The minimum absolute atomic E-state index is 0.00613. The fourth-order valence-corrected chi connectivity index (χ4v) is 3.81. The lowest BCUT2D eigenvalue weighted by atomic mass is 9.97. The van der Waals surface area contributed by atoms with Crippen LogP contribution in [0.1, 0.15) is 40.7 Å². The van der Waals surface area contributed by atoms with Crippen LogP contribution < -0.4 is 0 Å². The lowest BCUT2D eigenvalue weighted by Crippen LogP contribution is -2.37. The van der Waals surface area contributed by atoms with Crippen molar-refractivity contribution in [2.24, 2.45) is 5.92 Å². The topological polar surface area (TPSA) is 53.4 Å². The highest BCUT2D eigenvalue weighted by molar-refractivity contribution is 6.06. The van der Waals surface area contributed by atoms with E-state index in [0.29, 0.717) is 31.0 Å². The molecule has 1 aliphatic heterocycles. The van der Waals surface area contributed by atoms with E-state index < -0.39 is 5.60 Å². The predicted molar refractivity (Wildman–Crippen MR) is 89.4 cm³/mol. The zero-order valence-corrected chi connectivity index (χ0v) is 13.7. The fourth-order valence-electron chi connectivity index (χ4n) is 3.81. The lowest BCUT2D eigenvalue weighted by Gasteiger charge is -2.23. The number of pyridine rings is 1. The van der Waals surface area contributed by atoms with Gasteiger partial charge >= 0.3 is 0 Å². The number of hydrogen-bond donors (Lipinski definition) is 1. The quantitative estimate of drug-likeness (QED) is 0.928. The molecule has 1 atom stereocenters. The number of nitrogens with zero attached hydrogens (tertiary/aromatic N) is 2. The molecule has 2 heterocycles. The number of benzene rings is 1. The summed E-state index contributed by atoms with van der Waals surface area (Å²) in [6.07, 6.45) is 4.63. The van der Waals surface area contributed by atoms with Crippen molar-refractivity contribution in [2.75, 3.05) is 13.1 Å². The SMILES string of the molecule is Cc1cc(C(=O)N2CCC(O)(C3CC3)C2)c2nccc(C)c2c1. The maximum Gasteiger partial charge on any atom is 0.256 e. The van der Waals surface area contributed by atoms with E-state index in [1.54, 1.807) is 11.1 Å². The van der Waals surface area contributed by atoms with Gasteiger partial charge in [-0.15, -0.1) is 0 Å². The van der Waals surface area contributed by atoms with Gasteiger partial charge in [0.05, 0.1) is 23.2 Å². The minimum atomic E-state index is -0.668. The Morgan fingerprint density at radius 3 is 2.87 bits per heavy atom. The molecule has 0 radical (unpaired) electrons. The van der Waals surface area contributed by atoms with Crippen molar-refractivity contribution in [1.29, 1.82) is 0 Å². The van der Waals surface area contributed by atoms with Gasteiger partial charge in [-0.2, -0.15) is 0 Å². The van der Waals surface area contributed by atoms with Crippen molar-refractivity contribution in [3.63, 3.8) is 0 Å². The average Bonchev–Trinajstić information content (AvgIpc) is 3.31. The van der Waals surface area contributed by atoms with Crippen molar-refractivity contribution < 1.29 is 9.90 Å². The Balaban J connectivity index is 1.72. The molecule has 1 saturated heterocycles. The summed E-state index contributed by atoms with van der Waals surface area (Å²) < 4.78 is 0. The largest absolute Gasteiger partial charge is 0.388 e. The molecule has 1 unspecified atom stereocenters. The second-order valence-electron chi connectivity index (χ2n) is 7.19. The summed E-state index contributed by atoms with van der Waals surface area (Å²) in [5.74, 6) is 0.378. The van der Waals surface area contributed by atoms with Crippen molar-refractivity contribution in [3.8, 4) is 0 Å². The van der Waals surface area contributed by atoms with Gasteiger partial charge in [0.1, 0.15) is 0 Å². The maximum absolute atomic E-state index is 13.0. The van der Waals surface area contributed by atoms with E-state index in [-0.39, 0.29) is 5.91 Å². The van der Waals surface area contributed by atoms with E-state index in [1.807, 2.05) is 26.0 Å². The molecule has 4 heteroatoms. The van der Waals surface area contributed by atoms with Gasteiger partial charge in [0, 0.05) is 18.1 Å². The Hall–Kier alpha value is -1.94. The molecule has 1 amide bonds. The van der Waals surface area contributed by atoms with Crippen LogP contribution in [0.2, 0.25) is 0 Å². The Labute approximate surface area is 136 Å². The number of hydrogen-bond acceptors (Lipinski definition) is 3. The van der Waals surface area contributed by atoms with Crippen LogP contribution in [0, 0.1) is 19.8 Å². The zero-order valence-electron chi connectivity index (χ0n) is 13.7. The van der Waals surface area contributed by atoms with Crippen molar-refractivity contribution in [1.82, 2.24) is 9.88 Å². The number of amides is 1. The van der Waals surface area contributed by atoms with Gasteiger partial charge in [-0.1, -0.05) is 0 Å². The minimum Gasteiger partial charge on any atom is -0.388 e. The van der Waals surface area contributed by atoms with E-state index in [4.69, 9.17) is 0 Å². The summed E-state index contributed by atoms with van der Waals surface area (Å²) >= 11 is 0. The van der Waals surface area contributed by atoms with Gasteiger partial charge in [0.15, 0.2) is 0 Å². The highest BCUT2D eigenvalue weighted by atomic mass is 16.3. The molecule has 1 aliphatic carbocycles. The molecule has 0 bridgehead atoms. The molecule has 1 aromatic heterocycles. The van der Waals surface area contributed by atoms with E-state index in [9.17, 15) is 9.90 Å². The van der Waals surface area contributed by atoms with Crippen LogP contribution in [-0.2, 0) is 0 Å². The summed E-state index contributed by atoms with van der Waals surface area (Å²) in [5.41, 5.74) is 2.95. The molecule has 1 saturated carbocycles. The molecule has 0 spiro atoms. The first-order chi connectivity index (χ1) is 11.0. The molecular weight excluding hydrogens is 288 g/mol. The number of aromatic nitrogens is 1. The van der Waals surface area contributed by atoms with E-state index in [2.05, 4.69) is 11.1 Å². The standard InChI is InChI=1S/C19H22N2O2/c1-12-9-15-13(2)5-7-20-17(15)16(10-12)18(22)21-8-6-19(23,11-21)14-3-4-14/h5,7,9-10,14,23H,3-4,6,8,11H2,1-2H3. The number of aliphatic hydroxyl groups is 1. The molecule has 2 aliphatic rings. The molecule has 1 N–H and O–H groups in total. The summed E-state index contributed by atoms with van der Waals surface area (Å²) in [5, 5.41) is 11.7. The Bertz CT molecular complexity index is 797. The number of fused-ring (bicyclic) bond motifs is 1. The lowest BCUT2D eigenvalue weighted by molar-refractivity contribution is 0.0257. The molecule has 120 valence electrons. The van der Waals surface area contributed by atoms with Crippen LogP contribution in [0.15, 0.2) is 24.4 Å². The summed E-state index contributed by atoms with van der Waals surface area (Å²) in [4.78, 5) is 19.3. The molecule has 4 rings (SSSR count). The van der Waals surface area contributed by atoms with Crippen LogP contribution in [-0.4, -0.2) is 39.6 Å². The average molecular weight is 310 g/mol. The van der Waals surface area contributed by atoms with Gasteiger partial charge in [-0.25, -0.2) is 0 Å². The summed E-state index contributed by atoms with van der Waals surface area (Å²) in [6, 6.07) is 5.97. The molecule has 2 fully saturated rings. The Kier molecular flexibility index (Phi) is 3.20. The molecular formula is C19H22N2O2. The number of β-amino-alcohol motifs (C(OH)–C–C–N with tert-alkyl or cyclic N) is 1. The van der Waals surface area contributed by atoms with Gasteiger partial charge < -0.3 is 10.0 Å². The maximum atomic E-state index is 13.0. The highest BCUT2D eigenvalue weighted by Crippen LogP contribution is 2.44. The van der Waals surface area contributed by atoms with Crippen LogP contribution in [0.25, 0.3) is 10.9 Å². The third kappa shape index (κ3) is 2.41. The molecule has 2 aromatic rings. The first-order valence-corrected chi connectivity index (χ1v) is 8.35. The van der Waals surface area contributed by atoms with Crippen LogP contribution in [0.4, 0.5) is 0 Å². The van der Waals surface area contributed by atoms with Crippen molar-refractivity contribution in [2.45, 2.75) is 38.7 Å². The zero-order chi connectivity index (χ0) is 16.2. The third-order valence-corrected chi connectivity index (χ3v) is 5.34. The van der Waals surface area contributed by atoms with Gasteiger partial charge in [-0.3, -0.25) is 9.78 Å². The van der Waals surface area contributed by atoms with Crippen LogP contribution in [0.5, 0.6) is 0 Å². The van der Waals surface area contributed by atoms with Crippen molar-refractivity contribution >= 4 is 16.8 Å². The predicted octanol–water partition coefficient (Wildman–Crippen LogP) is 2.84. The first kappa shape index (κ1) is 14.6. The summed E-state index contributed by atoms with van der Waals surface area (Å²) in [7, 11) is 0. The fraction of sp³-hybridized carbons (Fsp3) is 0.474. The number of rotatable bonds is 2. The normalized spacial score (nSPS) is 24.4. The molecule has 23 heavy (non-hydrogen) atoms. The second kappa shape index (κ2) is 5.03. The van der Waals surface area contributed by atoms with Gasteiger partial charge in [0.2, 0.25) is 0 Å². The Morgan fingerprint density at radius 1 is 1.35 bits per heavy atom. The smallest absolute Gasteiger partial charge is 0.256 e. The molecule has 1 aromatic carbocycles. The second-order valence-corrected chi connectivity index (χ2v) is 7.19. The number of aryl methyl sites for hydroxylation is 2. The first-order valence-electron chi connectivity index (χ1n) is 8.35. The van der Waals surface area contributed by atoms with Gasteiger partial charge in [-0.05, 0) is 68.4 Å². The molecule has 4 nitrogen and oxygen atoms in total. The number of carbonyl (C=O) groups excluding carboxylic acids is 1. The highest BCUT2D eigenvalue weighted by Gasteiger charge is 2.49. The van der Waals surface area contributed by atoms with Crippen molar-refractivity contribution in [3.05, 3.63) is 41.1 Å². The van der Waals surface area contributed by atoms with E-state index in [0.717, 1.165) is 34.9 Å². The van der Waals surface area contributed by atoms with Crippen LogP contribution >= 0.6 is 0 Å². The Morgan fingerprint density at radius 2 is 2.13 bits per heavy atom. The number of likely N-dealkylation sites (tertiary alicyclic amines) is 1. The summed E-state index contributed by atoms with van der Waals surface area (Å²) in [6.45, 7) is 5.14. The van der Waals surface area contributed by atoms with E-state index in [1.165, 1.54) is 0 Å². The third-order valence-electron chi connectivity index (χ3n) is 5.34.